The van der Waals surface area contributed by atoms with Gasteiger partial charge in [0, 0.05) is 82.7 Å². The molecule has 0 aliphatic carbocycles. The number of nitrogens with zero attached hydrogens (tertiary/aromatic N) is 5. The van der Waals surface area contributed by atoms with Crippen LogP contribution in [0.1, 0.15) is 169 Å². The molecule has 7 heteroatoms. The molecule has 594 valence electrons. The second kappa shape index (κ2) is 27.0. The largest absolute Gasteiger partial charge is 0.310 e. The number of anilines is 6. The van der Waals surface area contributed by atoms with Crippen LogP contribution in [0, 0.1) is 0 Å². The number of benzene rings is 15. The van der Waals surface area contributed by atoms with Gasteiger partial charge in [-0.25, -0.2) is 0 Å². The topological polar surface area (TPSA) is 21.3 Å². The third-order valence-electron chi connectivity index (χ3n) is 26.0. The Morgan fingerprint density at radius 1 is 0.256 bits per heavy atom. The Morgan fingerprint density at radius 3 is 1.13 bits per heavy atom. The molecule has 0 radical (unpaired) electrons. The van der Waals surface area contributed by atoms with E-state index in [0.717, 1.165) is 154 Å². The summed E-state index contributed by atoms with van der Waals surface area (Å²) in [6.07, 6.45) is 0. The molecule has 121 heavy (non-hydrogen) atoms. The molecule has 0 saturated heterocycles. The van der Waals surface area contributed by atoms with Crippen molar-refractivity contribution in [3.63, 3.8) is 0 Å². The summed E-state index contributed by atoms with van der Waals surface area (Å²) in [5, 5.41) is 6.84. The van der Waals surface area contributed by atoms with E-state index in [-0.39, 0.29) is 66.4 Å². The Balaban J connectivity index is 0.962. The molecular weight excluding hydrogens is 1480 g/mol. The van der Waals surface area contributed by atoms with Crippen LogP contribution >= 0.6 is 11.3 Å². The standard InChI is InChI=1S/C114H104BN5S/c1-109(2,3)73-37-29-36-71(58-73)72-46-52-91-101(59-72)120(106-85(69-32-21-19-22-33-69)64-78(114(16,17)18)65-86(106)70-34-23-20-24-35-70)104-68-80(117-93-42-27-25-38-81(93)82-39-26-28-43-94(82)117)67-103-105(104)115(91)92-53-51-79(116-95-54-47-74(110(4,5)6)60-87(95)88-61-75(111(7,8)9)48-55-96(88)116)66-102(92)119(103)100-45-31-41-84-83-40-30-44-99(107(83)121-108(84)100)118-97-56-49-76(112(10,11)12)62-89(97)90-63-77(113(13,14)15)50-57-98(90)118/h19-68H,1-18H3/i25D,26D,27D,28D,38D,39D,42D,43D. The smallest absolute Gasteiger partial charge is 0.252 e. The van der Waals surface area contributed by atoms with Crippen molar-refractivity contribution in [3.05, 3.63) is 337 Å². The Labute approximate surface area is 728 Å². The van der Waals surface area contributed by atoms with Gasteiger partial charge in [-0.3, -0.25) is 0 Å². The van der Waals surface area contributed by atoms with Crippen molar-refractivity contribution >= 4 is 154 Å². The lowest BCUT2D eigenvalue weighted by atomic mass is 9.33. The predicted molar refractivity (Wildman–Crippen MR) is 525 cm³/mol. The van der Waals surface area contributed by atoms with Gasteiger partial charge in [-0.05, 0) is 220 Å². The highest BCUT2D eigenvalue weighted by molar-refractivity contribution is 7.27. The molecule has 19 aromatic rings. The van der Waals surface area contributed by atoms with Gasteiger partial charge in [0.05, 0.1) is 76.2 Å². The first-order valence-electron chi connectivity index (χ1n) is 46.7. The van der Waals surface area contributed by atoms with Gasteiger partial charge in [0.25, 0.3) is 6.71 Å². The molecule has 0 saturated carbocycles. The Bertz CT molecular complexity index is 7760. The minimum absolute atomic E-state index is 0.00675. The molecule has 2 aliphatic rings. The van der Waals surface area contributed by atoms with Crippen molar-refractivity contribution in [3.8, 4) is 50.4 Å². The van der Waals surface area contributed by atoms with Crippen LogP contribution in [-0.2, 0) is 32.5 Å². The summed E-state index contributed by atoms with van der Waals surface area (Å²) in [6.45, 7) is 40.5. The average molecular weight is 1600 g/mol. The average Bonchev–Trinajstić information content (AvgIpc) is 1.51. The zero-order valence-electron chi connectivity index (χ0n) is 80.5. The van der Waals surface area contributed by atoms with Gasteiger partial charge in [0.15, 0.2) is 0 Å². The first-order chi connectivity index (χ1) is 61.1. The van der Waals surface area contributed by atoms with Gasteiger partial charge in [-0.2, -0.15) is 0 Å². The Morgan fingerprint density at radius 2 is 0.645 bits per heavy atom. The number of hydrogen-bond donors (Lipinski definition) is 0. The van der Waals surface area contributed by atoms with E-state index in [4.69, 9.17) is 0 Å². The number of para-hydroxylation sites is 2. The number of fused-ring (bicyclic) bond motifs is 16. The minimum atomic E-state index is -0.532. The fourth-order valence-electron chi connectivity index (χ4n) is 19.3. The van der Waals surface area contributed by atoms with Crippen LogP contribution in [0.5, 0.6) is 0 Å². The highest BCUT2D eigenvalue weighted by atomic mass is 32.1. The van der Waals surface area contributed by atoms with E-state index in [1.807, 2.05) is 0 Å². The molecular formula is C114H104BN5S. The maximum atomic E-state index is 10.4. The Hall–Kier alpha value is -12.4. The number of hydrogen-bond acceptors (Lipinski definition) is 3. The van der Waals surface area contributed by atoms with Crippen molar-refractivity contribution in [2.24, 2.45) is 0 Å². The molecule has 5 nitrogen and oxygen atoms in total. The van der Waals surface area contributed by atoms with Crippen LogP contribution in [0.3, 0.4) is 0 Å². The van der Waals surface area contributed by atoms with Gasteiger partial charge in [-0.1, -0.05) is 313 Å². The number of thiophene rings is 1. The van der Waals surface area contributed by atoms with Crippen LogP contribution < -0.4 is 26.2 Å². The van der Waals surface area contributed by atoms with E-state index < -0.39 is 43.0 Å². The van der Waals surface area contributed by atoms with E-state index >= 15 is 0 Å². The van der Waals surface area contributed by atoms with Crippen molar-refractivity contribution < 1.29 is 11.0 Å². The van der Waals surface area contributed by atoms with Gasteiger partial charge in [-0.15, -0.1) is 11.3 Å². The quantitative estimate of drug-likeness (QED) is 0.141. The second-order valence-corrected chi connectivity index (χ2v) is 41.1. The van der Waals surface area contributed by atoms with Gasteiger partial charge in [0.2, 0.25) is 0 Å². The lowest BCUT2D eigenvalue weighted by molar-refractivity contribution is 0.590. The van der Waals surface area contributed by atoms with E-state index in [2.05, 4.69) is 398 Å². The molecule has 0 fully saturated rings. The first-order valence-corrected chi connectivity index (χ1v) is 43.6. The number of aromatic nitrogens is 3. The predicted octanol–water partition coefficient (Wildman–Crippen LogP) is 30.2. The monoisotopic (exact) mass is 1590 g/mol. The third-order valence-corrected chi connectivity index (χ3v) is 27.2. The van der Waals surface area contributed by atoms with E-state index in [1.54, 1.807) is 15.9 Å². The fraction of sp³-hybridized carbons (Fsp3) is 0.211. The van der Waals surface area contributed by atoms with Crippen LogP contribution in [0.2, 0.25) is 0 Å². The van der Waals surface area contributed by atoms with Crippen LogP contribution in [-0.4, -0.2) is 20.4 Å². The Kier molecular flexibility index (Phi) is 15.1. The molecule has 0 bridgehead atoms. The van der Waals surface area contributed by atoms with Crippen molar-refractivity contribution in [2.75, 3.05) is 9.80 Å². The first kappa shape index (κ1) is 67.4. The van der Waals surface area contributed by atoms with E-state index in [1.165, 1.54) is 38.6 Å². The SMILES string of the molecule is [2H]c1c([2H])c([2H])c2c(c1[2H])c1c([2H])c([2H])c([2H])c([2H])c1n2-c1cc2c3c(c1)N(c1cccc4c1sc1c(-n5c6ccc(C(C)(C)C)cc6c6cc(C(C)(C)C)ccc65)cccc14)c1cc(-n4c5ccc(C(C)(C)C)cc5c5cc(C(C)(C)C)ccc54)ccc1B3c1ccc(-c3cccc(C(C)(C)C)c3)cc1N2c1c(-c2ccccc2)cc(C(C)(C)C)cc1-c1ccccc1. The fourth-order valence-corrected chi connectivity index (χ4v) is 20.6. The van der Waals surface area contributed by atoms with Crippen molar-refractivity contribution in [1.29, 1.82) is 0 Å². The molecule has 15 aromatic carbocycles. The molecule has 0 atom stereocenters. The molecule has 21 rings (SSSR count). The number of rotatable bonds is 8. The summed E-state index contributed by atoms with van der Waals surface area (Å²) in [7, 11) is 0. The molecule has 6 heterocycles. The van der Waals surface area contributed by atoms with Crippen molar-refractivity contribution in [1.82, 2.24) is 13.7 Å². The van der Waals surface area contributed by atoms with E-state index in [0.29, 0.717) is 5.69 Å². The molecule has 0 amide bonds. The normalized spacial score (nSPS) is 14.4. The molecule has 0 spiro atoms. The minimum Gasteiger partial charge on any atom is -0.310 e. The molecule has 0 N–H and O–H groups in total. The summed E-state index contributed by atoms with van der Waals surface area (Å²) in [5.41, 5.74) is 27.1. The molecule has 0 unspecified atom stereocenters. The summed E-state index contributed by atoms with van der Waals surface area (Å²) in [6, 6.07) is 91.7. The van der Waals surface area contributed by atoms with Crippen LogP contribution in [0.4, 0.5) is 34.1 Å². The summed E-state index contributed by atoms with van der Waals surface area (Å²) >= 11 is 1.78. The zero-order valence-corrected chi connectivity index (χ0v) is 73.3. The zero-order chi connectivity index (χ0) is 90.6. The van der Waals surface area contributed by atoms with Crippen molar-refractivity contribution in [2.45, 2.75) is 157 Å². The lowest BCUT2D eigenvalue weighted by Crippen LogP contribution is -2.61. The lowest BCUT2D eigenvalue weighted by Gasteiger charge is -2.45. The van der Waals surface area contributed by atoms with E-state index in [9.17, 15) is 11.0 Å². The molecule has 2 aliphatic heterocycles. The van der Waals surface area contributed by atoms with Gasteiger partial charge in [0.1, 0.15) is 0 Å². The van der Waals surface area contributed by atoms with Crippen LogP contribution in [0.25, 0.3) is 136 Å². The maximum absolute atomic E-state index is 10.4. The van der Waals surface area contributed by atoms with Gasteiger partial charge < -0.3 is 23.5 Å². The summed E-state index contributed by atoms with van der Waals surface area (Å²) in [4.78, 5) is 4.97. The highest BCUT2D eigenvalue weighted by Gasteiger charge is 2.46. The maximum Gasteiger partial charge on any atom is 0.252 e. The second-order valence-electron chi connectivity index (χ2n) is 40.0. The summed E-state index contributed by atoms with van der Waals surface area (Å²) < 4.78 is 87.8. The summed E-state index contributed by atoms with van der Waals surface area (Å²) in [5.74, 6) is 0. The molecule has 4 aromatic heterocycles. The van der Waals surface area contributed by atoms with Crippen LogP contribution in [0.15, 0.2) is 303 Å². The van der Waals surface area contributed by atoms with Gasteiger partial charge >= 0.3 is 0 Å². The highest BCUT2D eigenvalue weighted by Crippen LogP contribution is 2.56. The third kappa shape index (κ3) is 12.2.